The van der Waals surface area contributed by atoms with E-state index in [1.54, 1.807) is 0 Å². The summed E-state index contributed by atoms with van der Waals surface area (Å²) in [5.74, 6) is -0.159. The van der Waals surface area contributed by atoms with Crippen molar-refractivity contribution in [2.24, 2.45) is 0 Å². The van der Waals surface area contributed by atoms with Crippen LogP contribution in [0.4, 0.5) is 0 Å². The highest BCUT2D eigenvalue weighted by atomic mass is 16.7. The Hall–Kier alpha value is -1.01. The van der Waals surface area contributed by atoms with Crippen LogP contribution in [0, 0.1) is 0 Å². The number of rotatable bonds is 38. The number of carbonyl (C=O) groups is 1. The summed E-state index contributed by atoms with van der Waals surface area (Å²) in [5, 5.41) is 0. The highest BCUT2D eigenvalue weighted by Crippen LogP contribution is 2.13. The topological polar surface area (TPSA) is 137 Å². The zero-order valence-corrected chi connectivity index (χ0v) is 29.0. The van der Waals surface area contributed by atoms with E-state index in [-0.39, 0.29) is 18.9 Å². The lowest BCUT2D eigenvalue weighted by molar-refractivity contribution is -0.169. The zero-order valence-electron chi connectivity index (χ0n) is 29.0. The van der Waals surface area contributed by atoms with Crippen LogP contribution in [0.2, 0.25) is 0 Å². The van der Waals surface area contributed by atoms with Crippen LogP contribution in [-0.4, -0.2) is 164 Å². The summed E-state index contributed by atoms with van der Waals surface area (Å²) < 4.78 is 70.9. The van der Waals surface area contributed by atoms with Gasteiger partial charge in [-0.15, -0.1) is 0 Å². The summed E-state index contributed by atoms with van der Waals surface area (Å²) >= 11 is 0. The molecule has 1 unspecified atom stereocenters. The number of ether oxygens (including phenoxy) is 13. The van der Waals surface area contributed by atoms with Crippen molar-refractivity contribution in [3.8, 4) is 0 Å². The van der Waals surface area contributed by atoms with Gasteiger partial charge in [0, 0.05) is 13.0 Å². The second-order valence-electron chi connectivity index (χ2n) is 10.5. The fourth-order valence-corrected chi connectivity index (χ4v) is 3.97. The lowest BCUT2D eigenvalue weighted by atomic mass is 10.2. The Kier molecular flexibility index (Phi) is 35.4. The summed E-state index contributed by atoms with van der Waals surface area (Å²) in [6.45, 7) is 13.7. The van der Waals surface area contributed by atoms with Gasteiger partial charge in [0.25, 0.3) is 0 Å². The predicted octanol–water partition coefficient (Wildman–Crippen LogP) is 2.82. The molecule has 1 saturated heterocycles. The van der Waals surface area contributed by atoms with Crippen LogP contribution in [-0.2, 0) is 66.4 Å². The van der Waals surface area contributed by atoms with Crippen molar-refractivity contribution < 1.29 is 66.4 Å². The molecule has 0 radical (unpaired) electrons. The van der Waals surface area contributed by atoms with Gasteiger partial charge >= 0.3 is 5.97 Å². The quantitative estimate of drug-likeness (QED) is 0.0696. The highest BCUT2D eigenvalue weighted by Gasteiger charge is 2.13. The molecule has 14 nitrogen and oxygen atoms in total. The average Bonchev–Trinajstić information content (AvgIpc) is 3.09. The van der Waals surface area contributed by atoms with E-state index in [2.05, 4.69) is 6.92 Å². The van der Waals surface area contributed by atoms with E-state index in [4.69, 9.17) is 61.6 Å². The van der Waals surface area contributed by atoms with Gasteiger partial charge in [0.2, 0.25) is 0 Å². The molecule has 0 bridgehead atoms. The Labute approximate surface area is 282 Å². The first-order valence-electron chi connectivity index (χ1n) is 17.5. The number of carbonyl (C=O) groups excluding carboxylic acids is 1. The smallest absolute Gasteiger partial charge is 0.305 e. The SMILES string of the molecule is CCCCCC(=O)OCCOCCOCCOCCOCCOCCOCCOCCOCCOCCOCCOC1CCCCO1. The molecule has 0 N–H and O–H groups in total. The van der Waals surface area contributed by atoms with Crippen molar-refractivity contribution in [3.63, 3.8) is 0 Å². The number of unbranched alkanes of at least 4 members (excludes halogenated alkanes) is 2. The van der Waals surface area contributed by atoms with Crippen LogP contribution >= 0.6 is 0 Å². The summed E-state index contributed by atoms with van der Waals surface area (Å²) in [4.78, 5) is 11.5. The lowest BCUT2D eigenvalue weighted by Crippen LogP contribution is -2.24. The van der Waals surface area contributed by atoms with Gasteiger partial charge in [-0.05, 0) is 25.7 Å². The first-order valence-corrected chi connectivity index (χ1v) is 17.5. The molecule has 14 heteroatoms. The molecular formula is C33H64O14. The molecule has 0 saturated carbocycles. The van der Waals surface area contributed by atoms with Crippen molar-refractivity contribution >= 4 is 5.97 Å². The lowest BCUT2D eigenvalue weighted by Gasteiger charge is -2.22. The van der Waals surface area contributed by atoms with Gasteiger partial charge in [0.15, 0.2) is 6.29 Å². The Balaban J connectivity index is 1.61. The van der Waals surface area contributed by atoms with Crippen LogP contribution in [0.5, 0.6) is 0 Å². The van der Waals surface area contributed by atoms with E-state index < -0.39 is 0 Å². The molecule has 1 aliphatic rings. The maximum Gasteiger partial charge on any atom is 0.305 e. The van der Waals surface area contributed by atoms with E-state index in [9.17, 15) is 4.79 Å². The molecule has 47 heavy (non-hydrogen) atoms. The zero-order chi connectivity index (χ0) is 33.6. The van der Waals surface area contributed by atoms with Gasteiger partial charge in [0.05, 0.1) is 139 Å². The third-order valence-electron chi connectivity index (χ3n) is 6.49. The molecule has 0 spiro atoms. The fourth-order valence-electron chi connectivity index (χ4n) is 3.97. The summed E-state index contributed by atoms with van der Waals surface area (Å²) in [6, 6.07) is 0. The van der Waals surface area contributed by atoms with Crippen LogP contribution in [0.15, 0.2) is 0 Å². The molecule has 1 rings (SSSR count). The van der Waals surface area contributed by atoms with Crippen molar-refractivity contribution in [2.75, 3.05) is 152 Å². The summed E-state index contributed by atoms with van der Waals surface area (Å²) in [7, 11) is 0. The van der Waals surface area contributed by atoms with E-state index in [0.29, 0.717) is 145 Å². The third kappa shape index (κ3) is 34.6. The van der Waals surface area contributed by atoms with Crippen LogP contribution < -0.4 is 0 Å². The molecule has 0 aromatic rings. The van der Waals surface area contributed by atoms with Gasteiger partial charge in [-0.25, -0.2) is 0 Å². The maximum atomic E-state index is 11.5. The average molecular weight is 685 g/mol. The predicted molar refractivity (Wildman–Crippen MR) is 173 cm³/mol. The molecular weight excluding hydrogens is 620 g/mol. The molecule has 280 valence electrons. The van der Waals surface area contributed by atoms with Gasteiger partial charge in [-0.1, -0.05) is 19.8 Å². The minimum Gasteiger partial charge on any atom is -0.463 e. The molecule has 0 aliphatic carbocycles. The third-order valence-corrected chi connectivity index (χ3v) is 6.49. The van der Waals surface area contributed by atoms with Gasteiger partial charge in [-0.2, -0.15) is 0 Å². The molecule has 1 heterocycles. The molecule has 0 aromatic carbocycles. The second-order valence-corrected chi connectivity index (χ2v) is 10.5. The largest absolute Gasteiger partial charge is 0.463 e. The van der Waals surface area contributed by atoms with Crippen molar-refractivity contribution in [2.45, 2.75) is 58.2 Å². The Morgan fingerprint density at radius 1 is 0.489 bits per heavy atom. The van der Waals surface area contributed by atoms with Crippen molar-refractivity contribution in [1.82, 2.24) is 0 Å². The number of esters is 1. The first-order chi connectivity index (χ1) is 23.3. The Bertz CT molecular complexity index is 624. The minimum absolute atomic E-state index is 0.0681. The molecule has 1 aliphatic heterocycles. The van der Waals surface area contributed by atoms with Crippen LogP contribution in [0.3, 0.4) is 0 Å². The van der Waals surface area contributed by atoms with Crippen LogP contribution in [0.1, 0.15) is 51.9 Å². The van der Waals surface area contributed by atoms with E-state index >= 15 is 0 Å². The molecule has 0 amide bonds. The van der Waals surface area contributed by atoms with E-state index in [1.165, 1.54) is 0 Å². The van der Waals surface area contributed by atoms with E-state index in [1.807, 2.05) is 0 Å². The number of hydrogen-bond donors (Lipinski definition) is 0. The molecule has 0 aromatic heterocycles. The Morgan fingerprint density at radius 2 is 0.851 bits per heavy atom. The second kappa shape index (κ2) is 37.8. The molecule has 1 fully saturated rings. The van der Waals surface area contributed by atoms with Crippen molar-refractivity contribution in [1.29, 1.82) is 0 Å². The van der Waals surface area contributed by atoms with Crippen molar-refractivity contribution in [3.05, 3.63) is 0 Å². The summed E-state index contributed by atoms with van der Waals surface area (Å²) in [5.41, 5.74) is 0. The van der Waals surface area contributed by atoms with Gasteiger partial charge < -0.3 is 61.6 Å². The van der Waals surface area contributed by atoms with Gasteiger partial charge in [-0.3, -0.25) is 4.79 Å². The number of hydrogen-bond acceptors (Lipinski definition) is 14. The minimum atomic E-state index is -0.159. The van der Waals surface area contributed by atoms with E-state index in [0.717, 1.165) is 45.1 Å². The Morgan fingerprint density at radius 3 is 1.19 bits per heavy atom. The van der Waals surface area contributed by atoms with Crippen LogP contribution in [0.25, 0.3) is 0 Å². The maximum absolute atomic E-state index is 11.5. The normalized spacial score (nSPS) is 15.0. The summed E-state index contributed by atoms with van der Waals surface area (Å²) in [6.07, 6.45) is 6.68. The first kappa shape index (κ1) is 44.0. The monoisotopic (exact) mass is 684 g/mol. The van der Waals surface area contributed by atoms with Gasteiger partial charge in [0.1, 0.15) is 6.61 Å². The highest BCUT2D eigenvalue weighted by molar-refractivity contribution is 5.69. The standard InChI is InChI=1S/C33H64O14/c1-2-3-4-7-32(34)45-30-28-43-26-24-41-22-20-39-18-16-37-14-12-35-10-11-36-13-15-38-17-19-40-21-23-42-25-27-44-29-31-47-33-8-5-6-9-46-33/h33H,2-31H2,1H3. The molecule has 1 atom stereocenters. The fraction of sp³-hybridized carbons (Fsp3) is 0.970.